The first-order valence-electron chi connectivity index (χ1n) is 8.42. The van der Waals surface area contributed by atoms with Crippen LogP contribution in [0.3, 0.4) is 0 Å². The number of nitrogens with zero attached hydrogens (tertiary/aromatic N) is 3. The minimum Gasteiger partial charge on any atom is -0.362 e. The minimum absolute atomic E-state index is 0.0551. The van der Waals surface area contributed by atoms with Gasteiger partial charge in [0, 0.05) is 18.3 Å². The molecule has 5 nitrogen and oxygen atoms in total. The smallest absolute Gasteiger partial charge is 0.245 e. The Balaban J connectivity index is 1.64. The number of nitrogens with one attached hydrogen (secondary N) is 1. The quantitative estimate of drug-likeness (QED) is 0.720. The van der Waals surface area contributed by atoms with Crippen LogP contribution in [0.5, 0.6) is 0 Å². The highest BCUT2D eigenvalue weighted by Gasteiger charge is 2.12. The predicted octanol–water partition coefficient (Wildman–Crippen LogP) is 3.40. The van der Waals surface area contributed by atoms with Crippen molar-refractivity contribution in [2.24, 2.45) is 0 Å². The Morgan fingerprint density at radius 2 is 1.72 bits per heavy atom. The highest BCUT2D eigenvalue weighted by atomic mass is 16.2. The molecule has 0 fully saturated rings. The van der Waals surface area contributed by atoms with Gasteiger partial charge in [-0.1, -0.05) is 48.5 Å². The standard InChI is InChI=1S/C20H22N4O/c1-2-23(18-11-7-4-8-12-18)16-20(25)22-19-13-14-21-24(19)15-17-9-5-3-6-10-17/h3-14H,2,15-16H2,1H3,(H,22,25). The SMILES string of the molecule is CCN(CC(=O)Nc1ccnn1Cc1ccccc1)c1ccccc1. The first-order chi connectivity index (χ1) is 12.3. The molecular weight excluding hydrogens is 312 g/mol. The third-order valence-corrected chi connectivity index (χ3v) is 4.00. The lowest BCUT2D eigenvalue weighted by atomic mass is 10.2. The fraction of sp³-hybridized carbons (Fsp3) is 0.200. The van der Waals surface area contributed by atoms with Gasteiger partial charge in [0.25, 0.3) is 0 Å². The largest absolute Gasteiger partial charge is 0.362 e. The van der Waals surface area contributed by atoms with Crippen molar-refractivity contribution >= 4 is 17.4 Å². The van der Waals surface area contributed by atoms with Gasteiger partial charge in [0.15, 0.2) is 0 Å². The second-order valence-corrected chi connectivity index (χ2v) is 5.76. The number of para-hydroxylation sites is 1. The van der Waals surface area contributed by atoms with Gasteiger partial charge in [-0.15, -0.1) is 0 Å². The van der Waals surface area contributed by atoms with Crippen LogP contribution in [-0.2, 0) is 11.3 Å². The molecule has 0 saturated carbocycles. The Hall–Kier alpha value is -3.08. The molecule has 0 saturated heterocycles. The van der Waals surface area contributed by atoms with Gasteiger partial charge in [0.2, 0.25) is 5.91 Å². The van der Waals surface area contributed by atoms with Crippen molar-refractivity contribution < 1.29 is 4.79 Å². The molecule has 0 bridgehead atoms. The predicted molar refractivity (Wildman–Crippen MR) is 101 cm³/mol. The van der Waals surface area contributed by atoms with Crippen LogP contribution >= 0.6 is 0 Å². The number of rotatable bonds is 7. The first kappa shape index (κ1) is 16.8. The van der Waals surface area contributed by atoms with Gasteiger partial charge in [-0.2, -0.15) is 5.10 Å². The summed E-state index contributed by atoms with van der Waals surface area (Å²) in [5.74, 6) is 0.651. The third-order valence-electron chi connectivity index (χ3n) is 4.00. The van der Waals surface area contributed by atoms with Crippen molar-refractivity contribution in [2.75, 3.05) is 23.3 Å². The fourth-order valence-corrected chi connectivity index (χ4v) is 2.70. The van der Waals surface area contributed by atoms with E-state index in [0.29, 0.717) is 18.9 Å². The average Bonchev–Trinajstić information content (AvgIpc) is 3.08. The van der Waals surface area contributed by atoms with Gasteiger partial charge in [0.05, 0.1) is 19.3 Å². The Bertz CT molecular complexity index is 799. The number of amides is 1. The van der Waals surface area contributed by atoms with Crippen LogP contribution in [0.4, 0.5) is 11.5 Å². The molecule has 0 radical (unpaired) electrons. The fourth-order valence-electron chi connectivity index (χ4n) is 2.70. The summed E-state index contributed by atoms with van der Waals surface area (Å²) >= 11 is 0. The number of hydrogen-bond acceptors (Lipinski definition) is 3. The maximum Gasteiger partial charge on any atom is 0.245 e. The summed E-state index contributed by atoms with van der Waals surface area (Å²) in [7, 11) is 0. The zero-order valence-corrected chi connectivity index (χ0v) is 14.3. The number of carbonyl (C=O) groups excluding carboxylic acids is 1. The van der Waals surface area contributed by atoms with Crippen molar-refractivity contribution in [1.82, 2.24) is 9.78 Å². The third kappa shape index (κ3) is 4.47. The van der Waals surface area contributed by atoms with E-state index < -0.39 is 0 Å². The second-order valence-electron chi connectivity index (χ2n) is 5.76. The molecule has 3 rings (SSSR count). The summed E-state index contributed by atoms with van der Waals surface area (Å²) in [5.41, 5.74) is 2.18. The Morgan fingerprint density at radius 3 is 2.40 bits per heavy atom. The van der Waals surface area contributed by atoms with Crippen LogP contribution in [0.1, 0.15) is 12.5 Å². The number of anilines is 2. The molecule has 0 aliphatic carbocycles. The van der Waals surface area contributed by atoms with Crippen LogP contribution in [-0.4, -0.2) is 28.8 Å². The molecule has 1 amide bonds. The highest BCUT2D eigenvalue weighted by molar-refractivity contribution is 5.93. The number of likely N-dealkylation sites (N-methyl/N-ethyl adjacent to an activating group) is 1. The monoisotopic (exact) mass is 334 g/mol. The maximum atomic E-state index is 12.5. The lowest BCUT2D eigenvalue weighted by molar-refractivity contribution is -0.115. The molecule has 1 N–H and O–H groups in total. The summed E-state index contributed by atoms with van der Waals surface area (Å²) < 4.78 is 1.80. The zero-order chi connectivity index (χ0) is 17.5. The van der Waals surface area contributed by atoms with Crippen molar-refractivity contribution in [2.45, 2.75) is 13.5 Å². The van der Waals surface area contributed by atoms with Crippen molar-refractivity contribution in [3.05, 3.63) is 78.5 Å². The number of hydrogen-bond donors (Lipinski definition) is 1. The molecule has 3 aromatic rings. The van der Waals surface area contributed by atoms with Gasteiger partial charge in [0.1, 0.15) is 5.82 Å². The van der Waals surface area contributed by atoms with E-state index in [1.807, 2.05) is 78.6 Å². The Morgan fingerprint density at radius 1 is 1.04 bits per heavy atom. The van der Waals surface area contributed by atoms with Crippen LogP contribution < -0.4 is 10.2 Å². The van der Waals surface area contributed by atoms with E-state index in [1.54, 1.807) is 10.9 Å². The average molecular weight is 334 g/mol. The van der Waals surface area contributed by atoms with Gasteiger partial charge in [-0.05, 0) is 24.6 Å². The molecule has 128 valence electrons. The first-order valence-corrected chi connectivity index (χ1v) is 8.42. The van der Waals surface area contributed by atoms with Crippen molar-refractivity contribution in [3.8, 4) is 0 Å². The molecule has 0 unspecified atom stereocenters. The maximum absolute atomic E-state index is 12.5. The van der Waals surface area contributed by atoms with E-state index in [1.165, 1.54) is 0 Å². The van der Waals surface area contributed by atoms with Gasteiger partial charge >= 0.3 is 0 Å². The lowest BCUT2D eigenvalue weighted by Crippen LogP contribution is -2.33. The van der Waals surface area contributed by atoms with E-state index in [4.69, 9.17) is 0 Å². The molecule has 0 spiro atoms. The highest BCUT2D eigenvalue weighted by Crippen LogP contribution is 2.14. The molecule has 0 aliphatic rings. The molecule has 5 heteroatoms. The number of carbonyl (C=O) groups is 1. The topological polar surface area (TPSA) is 50.2 Å². The molecule has 1 aromatic heterocycles. The van der Waals surface area contributed by atoms with Gasteiger partial charge < -0.3 is 10.2 Å². The Labute approximate surface area is 147 Å². The summed E-state index contributed by atoms with van der Waals surface area (Å²) in [6, 6.07) is 21.8. The summed E-state index contributed by atoms with van der Waals surface area (Å²) in [4.78, 5) is 14.5. The molecule has 2 aromatic carbocycles. The number of aromatic nitrogens is 2. The molecule has 0 aliphatic heterocycles. The lowest BCUT2D eigenvalue weighted by Gasteiger charge is -2.22. The van der Waals surface area contributed by atoms with E-state index in [9.17, 15) is 4.79 Å². The minimum atomic E-state index is -0.0551. The normalized spacial score (nSPS) is 10.4. The van der Waals surface area contributed by atoms with Gasteiger partial charge in [-0.25, -0.2) is 4.68 Å². The summed E-state index contributed by atoms with van der Waals surface area (Å²) in [6.07, 6.45) is 1.70. The Kier molecular flexibility index (Phi) is 5.46. The van der Waals surface area contributed by atoms with Crippen LogP contribution in [0.15, 0.2) is 72.9 Å². The van der Waals surface area contributed by atoms with Crippen molar-refractivity contribution in [3.63, 3.8) is 0 Å². The summed E-state index contributed by atoms with van der Waals surface area (Å²) in [6.45, 7) is 3.73. The number of benzene rings is 2. The zero-order valence-electron chi connectivity index (χ0n) is 14.3. The van der Waals surface area contributed by atoms with Crippen LogP contribution in [0.2, 0.25) is 0 Å². The van der Waals surface area contributed by atoms with E-state index in [-0.39, 0.29) is 5.91 Å². The molecule has 1 heterocycles. The van der Waals surface area contributed by atoms with Crippen LogP contribution in [0.25, 0.3) is 0 Å². The molecule has 25 heavy (non-hydrogen) atoms. The van der Waals surface area contributed by atoms with Crippen LogP contribution in [0, 0.1) is 0 Å². The summed E-state index contributed by atoms with van der Waals surface area (Å²) in [5, 5.41) is 7.28. The van der Waals surface area contributed by atoms with E-state index in [2.05, 4.69) is 10.4 Å². The molecular formula is C20H22N4O. The van der Waals surface area contributed by atoms with Crippen molar-refractivity contribution in [1.29, 1.82) is 0 Å². The van der Waals surface area contributed by atoms with E-state index in [0.717, 1.165) is 17.8 Å². The van der Waals surface area contributed by atoms with Gasteiger partial charge in [-0.3, -0.25) is 4.79 Å². The molecule has 0 atom stereocenters. The van der Waals surface area contributed by atoms with E-state index >= 15 is 0 Å². The second kappa shape index (κ2) is 8.15.